The molecule has 2 saturated heterocycles. The van der Waals surface area contributed by atoms with E-state index >= 15 is 0 Å². The lowest BCUT2D eigenvalue weighted by molar-refractivity contribution is -0.00189. The average molecular weight is 492 g/mol. The summed E-state index contributed by atoms with van der Waals surface area (Å²) < 4.78 is 7.93. The Labute approximate surface area is 191 Å². The highest BCUT2D eigenvalue weighted by Gasteiger charge is 2.45. The molecule has 2 bridgehead atoms. The van der Waals surface area contributed by atoms with Crippen LogP contribution < -0.4 is 10.9 Å². The van der Waals surface area contributed by atoms with Gasteiger partial charge in [-0.15, -0.1) is 0 Å². The maximum atomic E-state index is 12.5. The van der Waals surface area contributed by atoms with E-state index in [2.05, 4.69) is 31.1 Å². The maximum absolute atomic E-state index is 12.5. The topological polar surface area (TPSA) is 79.2 Å². The monoisotopic (exact) mass is 491 g/mol. The Hall–Kier alpha value is -2.13. The zero-order chi connectivity index (χ0) is 22.3. The first-order valence-electron chi connectivity index (χ1n) is 10.7. The smallest absolute Gasteiger partial charge is 0.410 e. The van der Waals surface area contributed by atoms with Crippen molar-refractivity contribution >= 4 is 33.9 Å². The Balaban J connectivity index is 1.39. The fourth-order valence-corrected chi connectivity index (χ4v) is 5.18. The third-order valence-electron chi connectivity index (χ3n) is 5.92. The second-order valence-electron chi connectivity index (χ2n) is 9.50. The summed E-state index contributed by atoms with van der Waals surface area (Å²) in [5, 5.41) is 3.15. The molecule has 3 unspecified atom stereocenters. The molecule has 0 saturated carbocycles. The van der Waals surface area contributed by atoms with Gasteiger partial charge < -0.3 is 19.5 Å². The SMILES string of the molecule is Cn1cc(Br)cc(NC2=CCC(N3C4CCC3CN(C(=O)OC(C)(C)C)C4)C=N2)c1=O. The Kier molecular flexibility index (Phi) is 6.00. The molecule has 4 heterocycles. The van der Waals surface area contributed by atoms with E-state index in [1.807, 2.05) is 38.0 Å². The van der Waals surface area contributed by atoms with Gasteiger partial charge in [0.2, 0.25) is 0 Å². The summed E-state index contributed by atoms with van der Waals surface area (Å²) in [5.41, 5.74) is -0.0881. The standard InChI is InChI=1S/C22H30BrN5O3/c1-22(2,3)31-21(30)27-12-16-5-6-17(13-27)28(16)15-7-8-19(24-10-15)25-18-9-14(23)11-26(4)20(18)29/h8-11,15-17,25H,5-7,12-13H2,1-4H3. The van der Waals surface area contributed by atoms with Gasteiger partial charge in [-0.2, -0.15) is 0 Å². The number of nitrogens with one attached hydrogen (secondary N) is 1. The molecular weight excluding hydrogens is 462 g/mol. The summed E-state index contributed by atoms with van der Waals surface area (Å²) in [4.78, 5) is 33.8. The lowest BCUT2D eigenvalue weighted by Crippen LogP contribution is -2.59. The van der Waals surface area contributed by atoms with E-state index < -0.39 is 5.60 Å². The fraction of sp³-hybridized carbons (Fsp3) is 0.591. The van der Waals surface area contributed by atoms with Crippen LogP contribution in [0.4, 0.5) is 10.5 Å². The van der Waals surface area contributed by atoms with Gasteiger partial charge >= 0.3 is 6.09 Å². The van der Waals surface area contributed by atoms with Gasteiger partial charge in [0.15, 0.2) is 0 Å². The van der Waals surface area contributed by atoms with Gasteiger partial charge in [0.25, 0.3) is 5.56 Å². The molecule has 2 fully saturated rings. The highest BCUT2D eigenvalue weighted by molar-refractivity contribution is 9.10. The third kappa shape index (κ3) is 4.87. The first-order valence-corrected chi connectivity index (χ1v) is 11.5. The van der Waals surface area contributed by atoms with E-state index in [-0.39, 0.29) is 17.7 Å². The Morgan fingerprint density at radius 3 is 2.52 bits per heavy atom. The Bertz CT molecular complexity index is 966. The summed E-state index contributed by atoms with van der Waals surface area (Å²) in [6.07, 6.45) is 8.51. The minimum Gasteiger partial charge on any atom is -0.444 e. The fourth-order valence-electron chi connectivity index (χ4n) is 4.64. The van der Waals surface area contributed by atoms with Crippen LogP contribution in [-0.4, -0.2) is 63.5 Å². The zero-order valence-corrected chi connectivity index (χ0v) is 20.1. The third-order valence-corrected chi connectivity index (χ3v) is 6.36. The van der Waals surface area contributed by atoms with Crippen molar-refractivity contribution in [1.82, 2.24) is 14.4 Å². The predicted molar refractivity (Wildman–Crippen MR) is 124 cm³/mol. The summed E-state index contributed by atoms with van der Waals surface area (Å²) in [6, 6.07) is 2.61. The lowest BCUT2D eigenvalue weighted by Gasteiger charge is -2.44. The molecule has 4 rings (SSSR count). The highest BCUT2D eigenvalue weighted by Crippen LogP contribution is 2.34. The highest BCUT2D eigenvalue weighted by atomic mass is 79.9. The molecule has 0 aromatic carbocycles. The number of amides is 1. The van der Waals surface area contributed by atoms with Crippen LogP contribution in [0.15, 0.2) is 38.4 Å². The molecule has 0 aliphatic carbocycles. The van der Waals surface area contributed by atoms with Crippen LogP contribution in [0, 0.1) is 0 Å². The van der Waals surface area contributed by atoms with Crippen molar-refractivity contribution in [3.05, 3.63) is 39.0 Å². The first kappa shape index (κ1) is 22.1. The van der Waals surface area contributed by atoms with Gasteiger partial charge in [0, 0.05) is 55.1 Å². The van der Waals surface area contributed by atoms with Crippen molar-refractivity contribution in [2.24, 2.45) is 12.0 Å². The van der Waals surface area contributed by atoms with E-state index in [4.69, 9.17) is 4.74 Å². The summed E-state index contributed by atoms with van der Waals surface area (Å²) in [5.74, 6) is 0.686. The normalized spacial score (nSPS) is 26.0. The predicted octanol–water partition coefficient (Wildman–Crippen LogP) is 3.33. The molecule has 0 radical (unpaired) electrons. The molecule has 1 N–H and O–H groups in total. The Morgan fingerprint density at radius 1 is 1.26 bits per heavy atom. The van der Waals surface area contributed by atoms with Gasteiger partial charge in [-0.25, -0.2) is 9.79 Å². The number of hydrogen-bond donors (Lipinski definition) is 1. The number of fused-ring (bicyclic) bond motifs is 2. The van der Waals surface area contributed by atoms with E-state index in [1.54, 1.807) is 19.3 Å². The number of carbonyl (C=O) groups excluding carboxylic acids is 1. The number of anilines is 1. The van der Waals surface area contributed by atoms with Crippen molar-refractivity contribution in [2.75, 3.05) is 18.4 Å². The summed E-state index contributed by atoms with van der Waals surface area (Å²) >= 11 is 3.42. The molecule has 3 aliphatic heterocycles. The lowest BCUT2D eigenvalue weighted by atomic mass is 10.1. The number of aliphatic imine (C=N–C) groups is 1. The molecule has 168 valence electrons. The number of ether oxygens (including phenoxy) is 1. The Morgan fingerprint density at radius 2 is 1.94 bits per heavy atom. The molecule has 0 spiro atoms. The minimum absolute atomic E-state index is 0.0993. The largest absolute Gasteiger partial charge is 0.444 e. The van der Waals surface area contributed by atoms with Gasteiger partial charge in [-0.3, -0.25) is 9.69 Å². The van der Waals surface area contributed by atoms with E-state index in [9.17, 15) is 9.59 Å². The second-order valence-corrected chi connectivity index (χ2v) is 10.4. The van der Waals surface area contributed by atoms with Crippen molar-refractivity contribution in [2.45, 2.75) is 63.8 Å². The van der Waals surface area contributed by atoms with Crippen LogP contribution in [0.2, 0.25) is 0 Å². The van der Waals surface area contributed by atoms with Crippen molar-refractivity contribution in [3.63, 3.8) is 0 Å². The number of hydrogen-bond acceptors (Lipinski definition) is 6. The van der Waals surface area contributed by atoms with E-state index in [0.29, 0.717) is 36.7 Å². The number of nitrogens with zero attached hydrogens (tertiary/aromatic N) is 4. The van der Waals surface area contributed by atoms with E-state index in [1.165, 1.54) is 4.57 Å². The number of piperazine rings is 1. The maximum Gasteiger partial charge on any atom is 0.410 e. The van der Waals surface area contributed by atoms with Crippen molar-refractivity contribution in [3.8, 4) is 0 Å². The minimum atomic E-state index is -0.479. The van der Waals surface area contributed by atoms with Gasteiger partial charge in [0.05, 0.1) is 0 Å². The summed E-state index contributed by atoms with van der Waals surface area (Å²) in [7, 11) is 1.72. The molecule has 3 aliphatic rings. The van der Waals surface area contributed by atoms with Gasteiger partial charge in [-0.05, 0) is 68.1 Å². The number of carbonyl (C=O) groups is 1. The second kappa shape index (κ2) is 8.43. The first-order chi connectivity index (χ1) is 14.6. The number of pyridine rings is 1. The summed E-state index contributed by atoms with van der Waals surface area (Å²) in [6.45, 7) is 7.08. The molecule has 1 amide bonds. The van der Waals surface area contributed by atoms with Crippen LogP contribution in [0.25, 0.3) is 0 Å². The zero-order valence-electron chi connectivity index (χ0n) is 18.5. The molecule has 1 aromatic heterocycles. The van der Waals surface area contributed by atoms with Crippen molar-refractivity contribution < 1.29 is 9.53 Å². The van der Waals surface area contributed by atoms with Crippen molar-refractivity contribution in [1.29, 1.82) is 0 Å². The van der Waals surface area contributed by atoms with Gasteiger partial charge in [-0.1, -0.05) is 0 Å². The van der Waals surface area contributed by atoms with Crippen LogP contribution in [0.5, 0.6) is 0 Å². The number of aryl methyl sites for hydroxylation is 1. The van der Waals surface area contributed by atoms with Crippen LogP contribution in [0.3, 0.4) is 0 Å². The van der Waals surface area contributed by atoms with Crippen LogP contribution in [-0.2, 0) is 11.8 Å². The average Bonchev–Trinajstić information content (AvgIpc) is 2.94. The number of halogens is 1. The number of likely N-dealkylation sites (tertiary alicyclic amines) is 1. The van der Waals surface area contributed by atoms with Gasteiger partial charge in [0.1, 0.15) is 17.1 Å². The molecule has 31 heavy (non-hydrogen) atoms. The quantitative estimate of drug-likeness (QED) is 0.701. The molecule has 8 nitrogen and oxygen atoms in total. The number of aromatic nitrogens is 1. The number of rotatable bonds is 3. The molecular formula is C22H30BrN5O3. The molecule has 1 aromatic rings. The van der Waals surface area contributed by atoms with Crippen LogP contribution >= 0.6 is 15.9 Å². The van der Waals surface area contributed by atoms with Crippen LogP contribution in [0.1, 0.15) is 40.0 Å². The molecule has 3 atom stereocenters. The van der Waals surface area contributed by atoms with E-state index in [0.717, 1.165) is 23.7 Å². The molecule has 9 heteroatoms.